The van der Waals surface area contributed by atoms with Crippen molar-refractivity contribution in [1.29, 1.82) is 0 Å². The van der Waals surface area contributed by atoms with Crippen LogP contribution < -0.4 is 5.32 Å². The summed E-state index contributed by atoms with van der Waals surface area (Å²) in [6.07, 6.45) is 15.7. The summed E-state index contributed by atoms with van der Waals surface area (Å²) in [7, 11) is 2.39. The van der Waals surface area contributed by atoms with E-state index in [9.17, 15) is 0 Å². The van der Waals surface area contributed by atoms with Crippen LogP contribution in [-0.4, -0.2) is 37.1 Å². The number of hydrogen-bond donors (Lipinski definition) is 1. The van der Waals surface area contributed by atoms with Crippen LogP contribution in [0.5, 0.6) is 0 Å². The molecule has 2 fully saturated rings. The maximum absolute atomic E-state index is 3.85. The molecule has 2 saturated carbocycles. The Balaban J connectivity index is 1.89. The van der Waals surface area contributed by atoms with Gasteiger partial charge < -0.3 is 10.2 Å². The van der Waals surface area contributed by atoms with Crippen molar-refractivity contribution in [2.45, 2.75) is 89.6 Å². The fourth-order valence-electron chi connectivity index (χ4n) is 4.30. The zero-order valence-electron chi connectivity index (χ0n) is 13.9. The first-order valence-corrected chi connectivity index (χ1v) is 9.25. The number of hydrogen-bond acceptors (Lipinski definition) is 2. The third-order valence-corrected chi connectivity index (χ3v) is 5.47. The van der Waals surface area contributed by atoms with E-state index in [2.05, 4.69) is 24.2 Å². The molecule has 0 aliphatic heterocycles. The quantitative estimate of drug-likeness (QED) is 0.784. The minimum absolute atomic E-state index is 0.738. The van der Waals surface area contributed by atoms with Crippen LogP contribution in [0.4, 0.5) is 0 Å². The lowest BCUT2D eigenvalue weighted by Gasteiger charge is -2.38. The van der Waals surface area contributed by atoms with Crippen LogP contribution in [0.15, 0.2) is 0 Å². The summed E-state index contributed by atoms with van der Waals surface area (Å²) in [5, 5.41) is 3.85. The molecule has 2 unspecified atom stereocenters. The number of nitrogens with zero attached hydrogens (tertiary/aromatic N) is 1. The van der Waals surface area contributed by atoms with Gasteiger partial charge in [0.15, 0.2) is 0 Å². The lowest BCUT2D eigenvalue weighted by atomic mass is 9.90. The van der Waals surface area contributed by atoms with Crippen molar-refractivity contribution in [2.75, 3.05) is 20.1 Å². The fraction of sp³-hybridized carbons (Fsp3) is 1.00. The molecule has 0 aromatic heterocycles. The lowest BCUT2D eigenvalue weighted by molar-refractivity contribution is 0.143. The highest BCUT2D eigenvalue weighted by Gasteiger charge is 2.27. The average Bonchev–Trinajstić information content (AvgIpc) is 2.90. The first kappa shape index (κ1) is 16.3. The van der Waals surface area contributed by atoms with E-state index in [1.807, 2.05) is 0 Å². The molecular weight excluding hydrogens is 244 g/mol. The van der Waals surface area contributed by atoms with Gasteiger partial charge in [-0.3, -0.25) is 0 Å². The Hall–Kier alpha value is -0.0800. The SMILES string of the molecule is CCCNC1CCCCCCC1N(C)CC1CCCC1. The van der Waals surface area contributed by atoms with E-state index in [1.54, 1.807) is 0 Å². The van der Waals surface area contributed by atoms with Gasteiger partial charge in [-0.2, -0.15) is 0 Å². The highest BCUT2D eigenvalue weighted by atomic mass is 15.2. The highest BCUT2D eigenvalue weighted by Crippen LogP contribution is 2.28. The van der Waals surface area contributed by atoms with Crippen LogP contribution in [0.1, 0.15) is 77.6 Å². The first-order chi connectivity index (χ1) is 9.81. The summed E-state index contributed by atoms with van der Waals surface area (Å²) >= 11 is 0. The van der Waals surface area contributed by atoms with E-state index in [1.165, 1.54) is 83.7 Å². The van der Waals surface area contributed by atoms with Gasteiger partial charge in [-0.1, -0.05) is 45.4 Å². The second-order valence-corrected chi connectivity index (χ2v) is 7.21. The number of rotatable bonds is 6. The first-order valence-electron chi connectivity index (χ1n) is 9.25. The van der Waals surface area contributed by atoms with Gasteiger partial charge in [0.2, 0.25) is 0 Å². The van der Waals surface area contributed by atoms with Crippen molar-refractivity contribution in [3.8, 4) is 0 Å². The maximum Gasteiger partial charge on any atom is 0.0246 e. The van der Waals surface area contributed by atoms with Crippen LogP contribution in [0, 0.1) is 5.92 Å². The predicted molar refractivity (Wildman–Crippen MR) is 88.2 cm³/mol. The van der Waals surface area contributed by atoms with E-state index < -0.39 is 0 Å². The Kier molecular flexibility index (Phi) is 7.37. The predicted octanol–water partition coefficient (Wildman–Crippen LogP) is 4.20. The number of likely N-dealkylation sites (N-methyl/N-ethyl adjacent to an activating group) is 1. The molecule has 2 atom stereocenters. The van der Waals surface area contributed by atoms with Crippen LogP contribution in [-0.2, 0) is 0 Å². The molecule has 2 aliphatic carbocycles. The van der Waals surface area contributed by atoms with E-state index >= 15 is 0 Å². The van der Waals surface area contributed by atoms with Crippen molar-refractivity contribution < 1.29 is 0 Å². The van der Waals surface area contributed by atoms with Crippen molar-refractivity contribution in [2.24, 2.45) is 5.92 Å². The van der Waals surface area contributed by atoms with Crippen molar-refractivity contribution in [3.63, 3.8) is 0 Å². The molecule has 2 rings (SSSR count). The molecule has 0 radical (unpaired) electrons. The normalized spacial score (nSPS) is 29.6. The zero-order valence-corrected chi connectivity index (χ0v) is 13.9. The summed E-state index contributed by atoms with van der Waals surface area (Å²) in [5.41, 5.74) is 0. The highest BCUT2D eigenvalue weighted by molar-refractivity contribution is 4.86. The fourth-order valence-corrected chi connectivity index (χ4v) is 4.30. The molecule has 2 nitrogen and oxygen atoms in total. The minimum Gasteiger partial charge on any atom is -0.312 e. The molecule has 0 amide bonds. The molecule has 0 bridgehead atoms. The van der Waals surface area contributed by atoms with Gasteiger partial charge in [0.25, 0.3) is 0 Å². The summed E-state index contributed by atoms with van der Waals surface area (Å²) in [4.78, 5) is 2.72. The molecule has 0 heterocycles. The van der Waals surface area contributed by atoms with Gasteiger partial charge in [0.05, 0.1) is 0 Å². The largest absolute Gasteiger partial charge is 0.312 e. The molecule has 0 spiro atoms. The van der Waals surface area contributed by atoms with Gasteiger partial charge in [-0.05, 0) is 51.6 Å². The third-order valence-electron chi connectivity index (χ3n) is 5.47. The van der Waals surface area contributed by atoms with Crippen molar-refractivity contribution >= 4 is 0 Å². The van der Waals surface area contributed by atoms with Crippen molar-refractivity contribution in [1.82, 2.24) is 10.2 Å². The molecule has 0 aromatic rings. The zero-order chi connectivity index (χ0) is 14.2. The van der Waals surface area contributed by atoms with Crippen LogP contribution in [0.2, 0.25) is 0 Å². The Labute approximate surface area is 126 Å². The standard InChI is InChI=1S/C18H36N2/c1-3-14-19-17-12-6-4-5-7-13-18(17)20(2)15-16-10-8-9-11-16/h16-19H,3-15H2,1-2H3. The molecule has 0 saturated heterocycles. The van der Waals surface area contributed by atoms with E-state index in [0.29, 0.717) is 0 Å². The van der Waals surface area contributed by atoms with Crippen LogP contribution in [0.25, 0.3) is 0 Å². The van der Waals surface area contributed by atoms with Crippen LogP contribution in [0.3, 0.4) is 0 Å². The monoisotopic (exact) mass is 280 g/mol. The maximum atomic E-state index is 3.85. The van der Waals surface area contributed by atoms with E-state index in [4.69, 9.17) is 0 Å². The molecule has 20 heavy (non-hydrogen) atoms. The summed E-state index contributed by atoms with van der Waals surface area (Å²) in [5.74, 6) is 0.984. The minimum atomic E-state index is 0.738. The Bertz CT molecular complexity index is 246. The van der Waals surface area contributed by atoms with Gasteiger partial charge in [0, 0.05) is 18.6 Å². The van der Waals surface area contributed by atoms with E-state index in [0.717, 1.165) is 18.0 Å². The molecular formula is C18H36N2. The Morgan fingerprint density at radius 3 is 2.25 bits per heavy atom. The Morgan fingerprint density at radius 1 is 0.900 bits per heavy atom. The van der Waals surface area contributed by atoms with Gasteiger partial charge in [-0.25, -0.2) is 0 Å². The lowest BCUT2D eigenvalue weighted by Crippen LogP contribution is -2.50. The summed E-state index contributed by atoms with van der Waals surface area (Å²) in [6.45, 7) is 4.82. The van der Waals surface area contributed by atoms with Gasteiger partial charge in [0.1, 0.15) is 0 Å². The topological polar surface area (TPSA) is 15.3 Å². The van der Waals surface area contributed by atoms with Gasteiger partial charge in [-0.15, -0.1) is 0 Å². The third kappa shape index (κ3) is 5.04. The smallest absolute Gasteiger partial charge is 0.0246 e. The second-order valence-electron chi connectivity index (χ2n) is 7.21. The molecule has 0 aromatic carbocycles. The molecule has 1 N–H and O–H groups in total. The van der Waals surface area contributed by atoms with Crippen LogP contribution >= 0.6 is 0 Å². The molecule has 118 valence electrons. The Morgan fingerprint density at radius 2 is 1.55 bits per heavy atom. The molecule has 2 heteroatoms. The summed E-state index contributed by atoms with van der Waals surface area (Å²) in [6, 6.07) is 1.52. The van der Waals surface area contributed by atoms with E-state index in [-0.39, 0.29) is 0 Å². The number of nitrogens with one attached hydrogen (secondary N) is 1. The van der Waals surface area contributed by atoms with Crippen molar-refractivity contribution in [3.05, 3.63) is 0 Å². The molecule has 2 aliphatic rings. The summed E-state index contributed by atoms with van der Waals surface area (Å²) < 4.78 is 0. The second kappa shape index (κ2) is 9.04. The van der Waals surface area contributed by atoms with Gasteiger partial charge >= 0.3 is 0 Å². The average molecular weight is 280 g/mol.